The van der Waals surface area contributed by atoms with Crippen molar-refractivity contribution in [3.8, 4) is 0 Å². The van der Waals surface area contributed by atoms with Crippen LogP contribution in [-0.4, -0.2) is 54.3 Å². The van der Waals surface area contributed by atoms with Gasteiger partial charge in [-0.3, -0.25) is 0 Å². The molecule has 2 atom stereocenters. The third-order valence-electron chi connectivity index (χ3n) is 5.70. The summed E-state index contributed by atoms with van der Waals surface area (Å²) in [4.78, 5) is 19.7. The lowest BCUT2D eigenvalue weighted by Gasteiger charge is -2.32. The highest BCUT2D eigenvalue weighted by atomic mass is 35.5. The fourth-order valence-electron chi connectivity index (χ4n) is 4.03. The van der Waals surface area contributed by atoms with Crippen LogP contribution in [0.15, 0.2) is 12.3 Å². The maximum Gasteiger partial charge on any atom is 0.417 e. The zero-order valence-corrected chi connectivity index (χ0v) is 17.3. The third kappa shape index (κ3) is 6.08. The highest BCUT2D eigenvalue weighted by molar-refractivity contribution is 6.33. The maximum atomic E-state index is 13.0. The van der Waals surface area contributed by atoms with Crippen LogP contribution in [0.25, 0.3) is 0 Å². The first-order chi connectivity index (χ1) is 14.4. The summed E-state index contributed by atoms with van der Waals surface area (Å²) in [5.74, 6) is -1.20. The Morgan fingerprint density at radius 1 is 1.06 bits per heavy atom. The fraction of sp³-hybridized carbons (Fsp3) is 0.684. The number of amides is 2. The second-order valence-corrected chi connectivity index (χ2v) is 8.31. The van der Waals surface area contributed by atoms with E-state index in [1.54, 1.807) is 4.90 Å². The highest BCUT2D eigenvalue weighted by Crippen LogP contribution is 2.37. The first-order valence-corrected chi connectivity index (χ1v) is 10.4. The first-order valence-electron chi connectivity index (χ1n) is 10.0. The summed E-state index contributed by atoms with van der Waals surface area (Å²) in [7, 11) is 0. The van der Waals surface area contributed by atoms with E-state index in [0.29, 0.717) is 38.9 Å². The topological polar surface area (TPSA) is 48.5 Å². The van der Waals surface area contributed by atoms with Crippen LogP contribution < -0.4 is 10.2 Å². The van der Waals surface area contributed by atoms with E-state index in [-0.39, 0.29) is 30.2 Å². The van der Waals surface area contributed by atoms with E-state index in [4.69, 9.17) is 11.6 Å². The number of urea groups is 1. The molecule has 1 aromatic rings. The van der Waals surface area contributed by atoms with Gasteiger partial charge in [0.05, 0.1) is 16.5 Å². The quantitative estimate of drug-likeness (QED) is 0.609. The van der Waals surface area contributed by atoms with Crippen molar-refractivity contribution >= 4 is 23.4 Å². The molecule has 0 bridgehead atoms. The van der Waals surface area contributed by atoms with Crippen molar-refractivity contribution in [2.24, 2.45) is 5.92 Å². The Labute approximate surface area is 180 Å². The maximum absolute atomic E-state index is 13.0. The zero-order valence-electron chi connectivity index (χ0n) is 16.6. The van der Waals surface area contributed by atoms with E-state index in [2.05, 4.69) is 10.3 Å². The molecule has 0 unspecified atom stereocenters. The first kappa shape index (κ1) is 23.7. The number of pyridine rings is 1. The Hall–Kier alpha value is -1.91. The van der Waals surface area contributed by atoms with Crippen molar-refractivity contribution in [2.45, 2.75) is 50.5 Å². The number of rotatable bonds is 2. The smallest absolute Gasteiger partial charge is 0.354 e. The van der Waals surface area contributed by atoms with Crippen LogP contribution in [0.2, 0.25) is 5.02 Å². The Balaban J connectivity index is 1.58. The number of halogens is 7. The van der Waals surface area contributed by atoms with Gasteiger partial charge in [0, 0.05) is 38.4 Å². The molecule has 0 aromatic carbocycles. The van der Waals surface area contributed by atoms with Crippen molar-refractivity contribution in [1.82, 2.24) is 15.2 Å². The fourth-order valence-corrected chi connectivity index (χ4v) is 4.32. The summed E-state index contributed by atoms with van der Waals surface area (Å²) in [6.45, 7) is 1.35. The molecule has 0 spiro atoms. The van der Waals surface area contributed by atoms with Crippen LogP contribution in [0.3, 0.4) is 0 Å². The van der Waals surface area contributed by atoms with E-state index in [1.807, 2.05) is 0 Å². The summed E-state index contributed by atoms with van der Waals surface area (Å²) in [6, 6.07) is -0.140. The van der Waals surface area contributed by atoms with Gasteiger partial charge in [-0.15, -0.1) is 0 Å². The molecule has 1 N–H and O–H groups in total. The molecule has 0 radical (unpaired) electrons. The lowest BCUT2D eigenvalue weighted by atomic mass is 9.85. The largest absolute Gasteiger partial charge is 0.417 e. The molecule has 1 aromatic heterocycles. The SMILES string of the molecule is O=C(N[C@@H]1CCC[C@@H](C(F)(F)F)C1)N1CCCN(c2ncc(C(F)(F)F)cc2Cl)CC1. The van der Waals surface area contributed by atoms with Gasteiger partial charge < -0.3 is 15.1 Å². The summed E-state index contributed by atoms with van der Waals surface area (Å²) < 4.78 is 77.3. The van der Waals surface area contributed by atoms with Crippen LogP contribution in [-0.2, 0) is 6.18 Å². The average Bonchev–Trinajstić information content (AvgIpc) is 2.93. The van der Waals surface area contributed by atoms with Gasteiger partial charge in [-0.2, -0.15) is 26.3 Å². The van der Waals surface area contributed by atoms with Crippen molar-refractivity contribution < 1.29 is 31.1 Å². The van der Waals surface area contributed by atoms with E-state index in [0.717, 1.165) is 12.3 Å². The third-order valence-corrected chi connectivity index (χ3v) is 5.97. The normalized spacial score (nSPS) is 23.5. The molecule has 31 heavy (non-hydrogen) atoms. The number of nitrogens with zero attached hydrogens (tertiary/aromatic N) is 3. The minimum absolute atomic E-state index is 0.0788. The summed E-state index contributed by atoms with van der Waals surface area (Å²) in [6.07, 6.45) is -6.72. The Morgan fingerprint density at radius 2 is 1.81 bits per heavy atom. The highest BCUT2D eigenvalue weighted by Gasteiger charge is 2.42. The molecule has 2 amide bonds. The minimum Gasteiger partial charge on any atom is -0.354 e. The van der Waals surface area contributed by atoms with Gasteiger partial charge in [0.2, 0.25) is 0 Å². The van der Waals surface area contributed by atoms with Gasteiger partial charge in [-0.05, 0) is 31.7 Å². The Bertz CT molecular complexity index is 788. The lowest BCUT2D eigenvalue weighted by molar-refractivity contribution is -0.183. The number of aromatic nitrogens is 1. The summed E-state index contributed by atoms with van der Waals surface area (Å²) in [5.41, 5.74) is -0.943. The molecule has 1 aliphatic heterocycles. The molecule has 5 nitrogen and oxygen atoms in total. The van der Waals surface area contributed by atoms with E-state index >= 15 is 0 Å². The van der Waals surface area contributed by atoms with E-state index in [1.165, 1.54) is 4.90 Å². The summed E-state index contributed by atoms with van der Waals surface area (Å²) >= 11 is 6.01. The molecular weight excluding hydrogens is 450 g/mol. The molecule has 1 aliphatic carbocycles. The molecule has 2 heterocycles. The van der Waals surface area contributed by atoms with Crippen molar-refractivity contribution in [3.63, 3.8) is 0 Å². The molecule has 12 heteroatoms. The van der Waals surface area contributed by atoms with Gasteiger partial charge in [0.25, 0.3) is 0 Å². The molecule has 1 saturated heterocycles. The minimum atomic E-state index is -4.55. The monoisotopic (exact) mass is 472 g/mol. The van der Waals surface area contributed by atoms with Gasteiger partial charge >= 0.3 is 18.4 Å². The molecule has 3 rings (SSSR count). The van der Waals surface area contributed by atoms with Gasteiger partial charge in [0.1, 0.15) is 5.82 Å². The average molecular weight is 473 g/mol. The standard InChI is InChI=1S/C19H23ClF6N4O/c20-15-10-13(19(24,25)26)11-27-16(15)29-5-2-6-30(8-7-29)17(31)28-14-4-1-3-12(9-14)18(21,22)23/h10-12,14H,1-9H2,(H,28,31)/t12-,14-/m1/s1. The van der Waals surface area contributed by atoms with Gasteiger partial charge in [-0.25, -0.2) is 9.78 Å². The van der Waals surface area contributed by atoms with Crippen LogP contribution in [0.1, 0.15) is 37.7 Å². The Morgan fingerprint density at radius 3 is 2.45 bits per heavy atom. The molecule has 2 aliphatic rings. The number of hydrogen-bond donors (Lipinski definition) is 1. The predicted molar refractivity (Wildman–Crippen MR) is 103 cm³/mol. The van der Waals surface area contributed by atoms with Gasteiger partial charge in [-0.1, -0.05) is 18.0 Å². The van der Waals surface area contributed by atoms with Crippen LogP contribution in [0, 0.1) is 5.92 Å². The number of nitrogens with one attached hydrogen (secondary N) is 1. The molecule has 2 fully saturated rings. The molecule has 1 saturated carbocycles. The van der Waals surface area contributed by atoms with Crippen LogP contribution in [0.4, 0.5) is 37.0 Å². The van der Waals surface area contributed by atoms with Gasteiger partial charge in [0.15, 0.2) is 0 Å². The van der Waals surface area contributed by atoms with Crippen LogP contribution in [0.5, 0.6) is 0 Å². The second-order valence-electron chi connectivity index (χ2n) is 7.91. The Kier molecular flexibility index (Phi) is 7.12. The second kappa shape index (κ2) is 9.30. The molecule has 174 valence electrons. The zero-order chi connectivity index (χ0) is 22.8. The number of anilines is 1. The summed E-state index contributed by atoms with van der Waals surface area (Å²) in [5, 5.41) is 2.58. The number of alkyl halides is 6. The molecular formula is C19H23ClF6N4O. The van der Waals surface area contributed by atoms with E-state index in [9.17, 15) is 31.1 Å². The van der Waals surface area contributed by atoms with Crippen molar-refractivity contribution in [2.75, 3.05) is 31.1 Å². The van der Waals surface area contributed by atoms with Crippen molar-refractivity contribution in [3.05, 3.63) is 22.8 Å². The number of hydrogen-bond acceptors (Lipinski definition) is 3. The van der Waals surface area contributed by atoms with E-state index < -0.39 is 35.9 Å². The van der Waals surface area contributed by atoms with Crippen molar-refractivity contribution in [1.29, 1.82) is 0 Å². The predicted octanol–water partition coefficient (Wildman–Crippen LogP) is 5.10. The number of carbonyl (C=O) groups excluding carboxylic acids is 1. The number of carbonyl (C=O) groups is 1. The lowest BCUT2D eigenvalue weighted by Crippen LogP contribution is -2.48. The van der Waals surface area contributed by atoms with Crippen LogP contribution >= 0.6 is 11.6 Å².